The summed E-state index contributed by atoms with van der Waals surface area (Å²) in [6, 6.07) is 7.81. The fraction of sp³-hybridized carbons (Fsp3) is 0.364. The van der Waals surface area contributed by atoms with E-state index in [2.05, 4.69) is 20.5 Å². The molecular formula is C22H25FN6O3. The molecule has 3 heterocycles. The maximum atomic E-state index is 14.7. The molecule has 9 nitrogen and oxygen atoms in total. The Balaban J connectivity index is 1.53. The maximum absolute atomic E-state index is 14.7. The first-order valence-electron chi connectivity index (χ1n) is 10.3. The highest BCUT2D eigenvalue weighted by Gasteiger charge is 2.25. The van der Waals surface area contributed by atoms with Crippen LogP contribution in [0.5, 0.6) is 11.5 Å². The van der Waals surface area contributed by atoms with Crippen molar-refractivity contribution in [3.63, 3.8) is 0 Å². The summed E-state index contributed by atoms with van der Waals surface area (Å²) in [5.74, 6) is 0.119. The van der Waals surface area contributed by atoms with Gasteiger partial charge in [0.05, 0.1) is 5.56 Å². The molecule has 1 atom stereocenters. The van der Waals surface area contributed by atoms with E-state index in [0.717, 1.165) is 0 Å². The van der Waals surface area contributed by atoms with Gasteiger partial charge in [0.15, 0.2) is 17.3 Å². The average molecular weight is 440 g/mol. The van der Waals surface area contributed by atoms with Gasteiger partial charge in [0, 0.05) is 18.7 Å². The number of hydrogen-bond acceptors (Lipinski definition) is 7. The van der Waals surface area contributed by atoms with Gasteiger partial charge in [-0.3, -0.25) is 4.79 Å². The number of carbonyl (C=O) groups is 1. The van der Waals surface area contributed by atoms with E-state index in [1.54, 1.807) is 24.5 Å². The van der Waals surface area contributed by atoms with Crippen LogP contribution in [0.4, 0.5) is 10.2 Å². The molecule has 0 spiro atoms. The summed E-state index contributed by atoms with van der Waals surface area (Å²) in [5, 5.41) is 10.7. The van der Waals surface area contributed by atoms with Gasteiger partial charge in [-0.05, 0) is 46.1 Å². The third-order valence-electron chi connectivity index (χ3n) is 4.91. The van der Waals surface area contributed by atoms with Crippen molar-refractivity contribution in [3.05, 3.63) is 48.0 Å². The molecule has 3 aromatic rings. The van der Waals surface area contributed by atoms with Crippen molar-refractivity contribution in [1.82, 2.24) is 24.6 Å². The zero-order valence-corrected chi connectivity index (χ0v) is 18.4. The first kappa shape index (κ1) is 21.7. The fourth-order valence-electron chi connectivity index (χ4n) is 3.42. The third-order valence-corrected chi connectivity index (χ3v) is 4.91. The molecule has 1 N–H and O–H groups in total. The molecule has 0 aliphatic carbocycles. The summed E-state index contributed by atoms with van der Waals surface area (Å²) in [6.45, 7) is 4.96. The highest BCUT2D eigenvalue weighted by atomic mass is 19.1. The number of carbonyl (C=O) groups excluding carboxylic acids is 1. The van der Waals surface area contributed by atoms with Crippen LogP contribution >= 0.6 is 0 Å². The number of benzene rings is 1. The molecule has 0 saturated heterocycles. The highest BCUT2D eigenvalue weighted by molar-refractivity contribution is 6.04. The van der Waals surface area contributed by atoms with Gasteiger partial charge in [-0.2, -0.15) is 0 Å². The number of nitrogens with zero attached hydrogens (tertiary/aromatic N) is 5. The Morgan fingerprint density at radius 3 is 2.88 bits per heavy atom. The van der Waals surface area contributed by atoms with E-state index in [-0.39, 0.29) is 29.3 Å². The standard InChI is InChI=1S/C22H25FN6O3/c1-13(2)29-12-24-27-21(29)17-6-5-7-20(25-17)26-22(30)15-8-18-19(9-16(15)23)32-14(11-31-18)10-28(3)4/h5-9,12-14H,10-11H2,1-4H3,(H,25,26,30). The quantitative estimate of drug-likeness (QED) is 0.630. The van der Waals surface area contributed by atoms with E-state index in [4.69, 9.17) is 9.47 Å². The van der Waals surface area contributed by atoms with Crippen LogP contribution in [0.3, 0.4) is 0 Å². The summed E-state index contributed by atoms with van der Waals surface area (Å²) < 4.78 is 28.1. The van der Waals surface area contributed by atoms with E-state index in [1.165, 1.54) is 12.1 Å². The second kappa shape index (κ2) is 8.91. The molecule has 0 fully saturated rings. The maximum Gasteiger partial charge on any atom is 0.259 e. The normalized spacial score (nSPS) is 15.3. The van der Waals surface area contributed by atoms with Gasteiger partial charge in [0.1, 0.15) is 36.4 Å². The molecule has 2 aromatic heterocycles. The fourth-order valence-corrected chi connectivity index (χ4v) is 3.42. The summed E-state index contributed by atoms with van der Waals surface area (Å²) in [5.41, 5.74) is 0.388. The number of anilines is 1. The minimum absolute atomic E-state index is 0.143. The zero-order valence-electron chi connectivity index (χ0n) is 18.4. The monoisotopic (exact) mass is 440 g/mol. The number of aromatic nitrogens is 4. The lowest BCUT2D eigenvalue weighted by molar-refractivity contribution is 0.0703. The molecule has 0 bridgehead atoms. The number of nitrogens with one attached hydrogen (secondary N) is 1. The van der Waals surface area contributed by atoms with E-state index in [1.807, 2.05) is 37.4 Å². The van der Waals surface area contributed by atoms with Crippen LogP contribution in [0.2, 0.25) is 0 Å². The molecular weight excluding hydrogens is 415 g/mol. The van der Waals surface area contributed by atoms with Crippen LogP contribution in [0.25, 0.3) is 11.5 Å². The van der Waals surface area contributed by atoms with Crippen molar-refractivity contribution in [2.45, 2.75) is 26.0 Å². The van der Waals surface area contributed by atoms with Crippen molar-refractivity contribution in [2.75, 3.05) is 32.6 Å². The molecule has 1 amide bonds. The average Bonchev–Trinajstić information content (AvgIpc) is 3.23. The van der Waals surface area contributed by atoms with E-state index < -0.39 is 11.7 Å². The lowest BCUT2D eigenvalue weighted by Crippen LogP contribution is -2.38. The van der Waals surface area contributed by atoms with Crippen molar-refractivity contribution in [3.8, 4) is 23.0 Å². The van der Waals surface area contributed by atoms with Gasteiger partial charge < -0.3 is 24.3 Å². The van der Waals surface area contributed by atoms with Gasteiger partial charge >= 0.3 is 0 Å². The number of halogens is 1. The lowest BCUT2D eigenvalue weighted by atomic mass is 10.1. The summed E-state index contributed by atoms with van der Waals surface area (Å²) in [7, 11) is 3.84. The van der Waals surface area contributed by atoms with Crippen molar-refractivity contribution in [1.29, 1.82) is 0 Å². The van der Waals surface area contributed by atoms with Crippen LogP contribution in [-0.4, -0.2) is 63.9 Å². The Morgan fingerprint density at radius 1 is 1.31 bits per heavy atom. The molecule has 0 radical (unpaired) electrons. The zero-order chi connectivity index (χ0) is 22.8. The molecule has 1 aromatic carbocycles. The van der Waals surface area contributed by atoms with E-state index in [9.17, 15) is 9.18 Å². The largest absolute Gasteiger partial charge is 0.486 e. The molecule has 1 aliphatic rings. The predicted octanol–water partition coefficient (Wildman–Crippen LogP) is 3.01. The minimum atomic E-state index is -0.703. The number of ether oxygens (including phenoxy) is 2. The second-order valence-corrected chi connectivity index (χ2v) is 8.11. The van der Waals surface area contributed by atoms with E-state index >= 15 is 0 Å². The number of pyridine rings is 1. The first-order valence-corrected chi connectivity index (χ1v) is 10.3. The minimum Gasteiger partial charge on any atom is -0.486 e. The van der Waals surface area contributed by atoms with Crippen LogP contribution in [0, 0.1) is 5.82 Å². The molecule has 1 aliphatic heterocycles. The second-order valence-electron chi connectivity index (χ2n) is 8.11. The number of rotatable bonds is 6. The summed E-state index contributed by atoms with van der Waals surface area (Å²) in [6.07, 6.45) is 1.41. The van der Waals surface area contributed by atoms with Crippen molar-refractivity contribution >= 4 is 11.7 Å². The topological polar surface area (TPSA) is 94.4 Å². The van der Waals surface area contributed by atoms with Gasteiger partial charge in [-0.15, -0.1) is 10.2 Å². The molecule has 1 unspecified atom stereocenters. The van der Waals surface area contributed by atoms with Crippen LogP contribution in [-0.2, 0) is 0 Å². The number of hydrogen-bond donors (Lipinski definition) is 1. The van der Waals surface area contributed by atoms with Crippen molar-refractivity contribution < 1.29 is 18.7 Å². The smallest absolute Gasteiger partial charge is 0.259 e. The molecule has 168 valence electrons. The van der Waals surface area contributed by atoms with Gasteiger partial charge in [-0.1, -0.05) is 6.07 Å². The molecule has 4 rings (SSSR count). The van der Waals surface area contributed by atoms with E-state index in [0.29, 0.717) is 30.4 Å². The van der Waals surface area contributed by atoms with Crippen LogP contribution in [0.1, 0.15) is 30.2 Å². The Morgan fingerprint density at radius 2 is 2.12 bits per heavy atom. The number of amides is 1. The van der Waals surface area contributed by atoms with Crippen LogP contribution in [0.15, 0.2) is 36.7 Å². The van der Waals surface area contributed by atoms with Crippen molar-refractivity contribution in [2.24, 2.45) is 0 Å². The van der Waals surface area contributed by atoms with Gasteiger partial charge in [0.25, 0.3) is 5.91 Å². The third kappa shape index (κ3) is 4.54. The Hall–Kier alpha value is -3.53. The highest BCUT2D eigenvalue weighted by Crippen LogP contribution is 2.34. The Labute approximate surface area is 185 Å². The summed E-state index contributed by atoms with van der Waals surface area (Å²) in [4.78, 5) is 19.2. The Kier molecular flexibility index (Phi) is 6.04. The number of fused-ring (bicyclic) bond motifs is 1. The molecule has 10 heteroatoms. The predicted molar refractivity (Wildman–Crippen MR) is 116 cm³/mol. The summed E-state index contributed by atoms with van der Waals surface area (Å²) >= 11 is 0. The molecule has 32 heavy (non-hydrogen) atoms. The Bertz CT molecular complexity index is 1130. The van der Waals surface area contributed by atoms with Gasteiger partial charge in [0.2, 0.25) is 0 Å². The lowest BCUT2D eigenvalue weighted by Gasteiger charge is -2.28. The van der Waals surface area contributed by atoms with Gasteiger partial charge in [-0.25, -0.2) is 9.37 Å². The SMILES string of the molecule is CC(C)n1cnnc1-c1cccc(NC(=O)c2cc3c(cc2F)OC(CN(C)C)CO3)n1. The molecule has 0 saturated carbocycles. The first-order chi connectivity index (χ1) is 15.3. The number of likely N-dealkylation sites (N-methyl/N-ethyl adjacent to an activating group) is 1. The van der Waals surface area contributed by atoms with Crippen LogP contribution < -0.4 is 14.8 Å².